The van der Waals surface area contributed by atoms with E-state index in [1.807, 2.05) is 30.3 Å². The van der Waals surface area contributed by atoms with Crippen LogP contribution in [0.1, 0.15) is 29.0 Å². The fraction of sp³-hybridized carbons (Fsp3) is 0.273. The highest BCUT2D eigenvalue weighted by molar-refractivity contribution is 6.01. The summed E-state index contributed by atoms with van der Waals surface area (Å²) in [4.78, 5) is 26.9. The average Bonchev–Trinajstić information content (AvgIpc) is 3.25. The van der Waals surface area contributed by atoms with Gasteiger partial charge in [-0.3, -0.25) is 9.59 Å². The molecule has 1 aliphatic heterocycles. The smallest absolute Gasteiger partial charge is 0.257 e. The Kier molecular flexibility index (Phi) is 5.02. The van der Waals surface area contributed by atoms with Gasteiger partial charge in [-0.15, -0.1) is 0 Å². The molecule has 0 saturated carbocycles. The number of rotatable bonds is 4. The number of phenolic OH excluding ortho intramolecular Hbond substituents is 1. The number of fused-ring (bicyclic) bond motifs is 1. The lowest BCUT2D eigenvalue weighted by molar-refractivity contribution is -0.126. The lowest BCUT2D eigenvalue weighted by atomic mass is 9.95. The average molecular weight is 378 g/mol. The van der Waals surface area contributed by atoms with Gasteiger partial charge in [-0.05, 0) is 47.9 Å². The number of carbonyl (C=O) groups is 2. The quantitative estimate of drug-likeness (QED) is 0.730. The predicted molar refractivity (Wildman–Crippen MR) is 105 cm³/mol. The van der Waals surface area contributed by atoms with Crippen LogP contribution in [0.25, 0.3) is 10.8 Å². The van der Waals surface area contributed by atoms with Gasteiger partial charge in [-0.25, -0.2) is 0 Å². The molecule has 0 atom stereocenters. The summed E-state index contributed by atoms with van der Waals surface area (Å²) in [5.74, 6) is 0.369. The summed E-state index contributed by atoms with van der Waals surface area (Å²) in [6.45, 7) is 1.35. The fourth-order valence-corrected chi connectivity index (χ4v) is 3.65. The van der Waals surface area contributed by atoms with Gasteiger partial charge >= 0.3 is 0 Å². The number of nitrogens with one attached hydrogen (secondary N) is 1. The lowest BCUT2D eigenvalue weighted by Gasteiger charge is -2.31. The molecule has 0 radical (unpaired) electrons. The molecule has 1 aromatic heterocycles. The lowest BCUT2D eigenvalue weighted by Crippen LogP contribution is -2.42. The van der Waals surface area contributed by atoms with Crippen molar-refractivity contribution >= 4 is 22.6 Å². The first-order valence-electron chi connectivity index (χ1n) is 9.43. The number of hydrogen-bond donors (Lipinski definition) is 2. The summed E-state index contributed by atoms with van der Waals surface area (Å²) in [5, 5.41) is 15.0. The second-order valence-corrected chi connectivity index (χ2v) is 7.08. The van der Waals surface area contributed by atoms with E-state index in [9.17, 15) is 14.7 Å². The minimum absolute atomic E-state index is 0.0120. The minimum Gasteiger partial charge on any atom is -0.507 e. The van der Waals surface area contributed by atoms with Crippen LogP contribution in [0.3, 0.4) is 0 Å². The van der Waals surface area contributed by atoms with Gasteiger partial charge < -0.3 is 19.7 Å². The molecule has 28 heavy (non-hydrogen) atoms. The molecular formula is C22H22N2O4. The molecule has 0 spiro atoms. The number of piperidine rings is 1. The summed E-state index contributed by atoms with van der Waals surface area (Å²) in [5.41, 5.74) is 0.305. The van der Waals surface area contributed by atoms with Gasteiger partial charge in [-0.1, -0.05) is 24.3 Å². The molecule has 0 unspecified atom stereocenters. The highest BCUT2D eigenvalue weighted by Crippen LogP contribution is 2.28. The Balaban J connectivity index is 1.37. The molecule has 0 bridgehead atoms. The van der Waals surface area contributed by atoms with Gasteiger partial charge in [0.2, 0.25) is 5.91 Å². The minimum atomic E-state index is -0.197. The monoisotopic (exact) mass is 378 g/mol. The third kappa shape index (κ3) is 3.71. The number of phenols is 1. The van der Waals surface area contributed by atoms with E-state index >= 15 is 0 Å². The van der Waals surface area contributed by atoms with Crippen molar-refractivity contribution in [1.29, 1.82) is 0 Å². The van der Waals surface area contributed by atoms with Crippen molar-refractivity contribution in [3.63, 3.8) is 0 Å². The first-order chi connectivity index (χ1) is 13.6. The summed E-state index contributed by atoms with van der Waals surface area (Å²) < 4.78 is 5.22. The molecule has 1 saturated heterocycles. The largest absolute Gasteiger partial charge is 0.507 e. The van der Waals surface area contributed by atoms with E-state index in [0.717, 1.165) is 10.8 Å². The van der Waals surface area contributed by atoms with Crippen molar-refractivity contribution in [3.05, 3.63) is 66.1 Å². The summed E-state index contributed by atoms with van der Waals surface area (Å²) >= 11 is 0. The number of amides is 2. The third-order valence-electron chi connectivity index (χ3n) is 5.26. The van der Waals surface area contributed by atoms with Crippen molar-refractivity contribution < 1.29 is 19.1 Å². The molecular weight excluding hydrogens is 356 g/mol. The Morgan fingerprint density at radius 3 is 2.46 bits per heavy atom. The van der Waals surface area contributed by atoms with Crippen LogP contribution in [-0.2, 0) is 11.3 Å². The van der Waals surface area contributed by atoms with Gasteiger partial charge in [0.15, 0.2) is 0 Å². The zero-order chi connectivity index (χ0) is 19.5. The second-order valence-electron chi connectivity index (χ2n) is 7.08. The SMILES string of the molecule is O=C(NCc1ccco1)C1CCN(C(=O)c2cc3ccccc3cc2O)CC1. The molecule has 0 aliphatic carbocycles. The maximum Gasteiger partial charge on any atom is 0.257 e. The van der Waals surface area contributed by atoms with Crippen molar-refractivity contribution in [2.24, 2.45) is 5.92 Å². The normalized spacial score (nSPS) is 14.9. The summed E-state index contributed by atoms with van der Waals surface area (Å²) in [6, 6.07) is 14.6. The highest BCUT2D eigenvalue weighted by atomic mass is 16.3. The van der Waals surface area contributed by atoms with Crippen LogP contribution >= 0.6 is 0 Å². The van der Waals surface area contributed by atoms with Crippen LogP contribution in [0.4, 0.5) is 0 Å². The molecule has 2 N–H and O–H groups in total. The van der Waals surface area contributed by atoms with E-state index in [1.54, 1.807) is 29.4 Å². The molecule has 1 aliphatic rings. The summed E-state index contributed by atoms with van der Waals surface area (Å²) in [6.07, 6.45) is 2.78. The van der Waals surface area contributed by atoms with Gasteiger partial charge in [-0.2, -0.15) is 0 Å². The zero-order valence-electron chi connectivity index (χ0n) is 15.4. The second kappa shape index (κ2) is 7.76. The number of benzene rings is 2. The van der Waals surface area contributed by atoms with E-state index < -0.39 is 0 Å². The van der Waals surface area contributed by atoms with Crippen LogP contribution in [0.5, 0.6) is 5.75 Å². The van der Waals surface area contributed by atoms with Crippen molar-refractivity contribution in [1.82, 2.24) is 10.2 Å². The zero-order valence-corrected chi connectivity index (χ0v) is 15.4. The number of carbonyl (C=O) groups excluding carboxylic acids is 2. The molecule has 4 rings (SSSR count). The van der Waals surface area contributed by atoms with Crippen molar-refractivity contribution in [2.45, 2.75) is 19.4 Å². The number of hydrogen-bond acceptors (Lipinski definition) is 4. The van der Waals surface area contributed by atoms with Gasteiger partial charge in [0.05, 0.1) is 18.4 Å². The van der Waals surface area contributed by atoms with E-state index in [4.69, 9.17) is 4.42 Å². The van der Waals surface area contributed by atoms with Crippen LogP contribution in [0, 0.1) is 5.92 Å². The number of likely N-dealkylation sites (tertiary alicyclic amines) is 1. The first-order valence-corrected chi connectivity index (χ1v) is 9.43. The van der Waals surface area contributed by atoms with Crippen LogP contribution < -0.4 is 5.32 Å². The van der Waals surface area contributed by atoms with Gasteiger partial charge in [0.1, 0.15) is 11.5 Å². The Labute approximate surface area is 162 Å². The molecule has 1 fully saturated rings. The van der Waals surface area contributed by atoms with E-state index in [0.29, 0.717) is 43.8 Å². The van der Waals surface area contributed by atoms with Crippen LogP contribution in [-0.4, -0.2) is 34.9 Å². The number of furan rings is 1. The molecule has 2 heterocycles. The Morgan fingerprint density at radius 1 is 1.07 bits per heavy atom. The maximum absolute atomic E-state index is 12.9. The third-order valence-corrected chi connectivity index (χ3v) is 5.26. The predicted octanol–water partition coefficient (Wildman–Crippen LogP) is 3.31. The molecule has 6 heteroatoms. The fourth-order valence-electron chi connectivity index (χ4n) is 3.65. The van der Waals surface area contributed by atoms with E-state index in [2.05, 4.69) is 5.32 Å². The number of nitrogens with zero attached hydrogens (tertiary/aromatic N) is 1. The van der Waals surface area contributed by atoms with E-state index in [1.165, 1.54) is 0 Å². The molecule has 2 aromatic carbocycles. The Morgan fingerprint density at radius 2 is 1.79 bits per heavy atom. The van der Waals surface area contributed by atoms with E-state index in [-0.39, 0.29) is 23.5 Å². The molecule has 144 valence electrons. The van der Waals surface area contributed by atoms with Gasteiger partial charge in [0.25, 0.3) is 5.91 Å². The Bertz CT molecular complexity index is 989. The number of aromatic hydroxyl groups is 1. The molecule has 6 nitrogen and oxygen atoms in total. The summed E-state index contributed by atoms with van der Waals surface area (Å²) in [7, 11) is 0. The first kappa shape index (κ1) is 18.1. The van der Waals surface area contributed by atoms with Crippen molar-refractivity contribution in [3.8, 4) is 5.75 Å². The maximum atomic E-state index is 12.9. The van der Waals surface area contributed by atoms with Crippen LogP contribution in [0.2, 0.25) is 0 Å². The highest BCUT2D eigenvalue weighted by Gasteiger charge is 2.28. The van der Waals surface area contributed by atoms with Gasteiger partial charge in [0, 0.05) is 19.0 Å². The topological polar surface area (TPSA) is 82.8 Å². The molecule has 2 amide bonds. The Hall–Kier alpha value is -3.28. The van der Waals surface area contributed by atoms with Crippen LogP contribution in [0.15, 0.2) is 59.2 Å². The van der Waals surface area contributed by atoms with Crippen molar-refractivity contribution in [2.75, 3.05) is 13.1 Å². The molecule has 3 aromatic rings. The standard InChI is InChI=1S/C22H22N2O4/c25-20-13-17-5-2-1-4-16(17)12-19(20)22(27)24-9-7-15(8-10-24)21(26)23-14-18-6-3-11-28-18/h1-6,11-13,15,25H,7-10,14H2,(H,23,26).